The van der Waals surface area contributed by atoms with Gasteiger partial charge in [0.05, 0.1) is 16.3 Å². The van der Waals surface area contributed by atoms with Gasteiger partial charge in [-0.05, 0) is 55.9 Å². The summed E-state index contributed by atoms with van der Waals surface area (Å²) in [6.07, 6.45) is 1.88. The molecule has 4 nitrogen and oxygen atoms in total. The number of thiazole rings is 1. The molecule has 0 radical (unpaired) electrons. The fourth-order valence-corrected chi connectivity index (χ4v) is 3.90. The fourth-order valence-electron chi connectivity index (χ4n) is 1.84. The molecule has 21 heavy (non-hydrogen) atoms. The van der Waals surface area contributed by atoms with Crippen LogP contribution in [-0.4, -0.2) is 16.1 Å². The summed E-state index contributed by atoms with van der Waals surface area (Å²) in [4.78, 5) is 8.99. The van der Waals surface area contributed by atoms with Gasteiger partial charge in [-0.1, -0.05) is 0 Å². The summed E-state index contributed by atoms with van der Waals surface area (Å²) in [7, 11) is 0. The largest absolute Gasteiger partial charge is 0.488 e. The molecule has 0 fully saturated rings. The van der Waals surface area contributed by atoms with E-state index in [0.717, 1.165) is 31.0 Å². The van der Waals surface area contributed by atoms with Crippen molar-refractivity contribution >= 4 is 39.0 Å². The summed E-state index contributed by atoms with van der Waals surface area (Å²) in [5, 5.41) is 0.832. The Morgan fingerprint density at radius 2 is 2.14 bits per heavy atom. The number of benzene rings is 1. The van der Waals surface area contributed by atoms with Crippen LogP contribution in [0.4, 0.5) is 5.69 Å². The van der Waals surface area contributed by atoms with Gasteiger partial charge >= 0.3 is 0 Å². The molecule has 2 heterocycles. The number of hydrogen-bond donors (Lipinski definition) is 1. The van der Waals surface area contributed by atoms with Gasteiger partial charge in [0.15, 0.2) is 10.1 Å². The molecule has 0 unspecified atom stereocenters. The molecule has 0 bridgehead atoms. The monoisotopic (exact) mass is 317 g/mol. The average molecular weight is 317 g/mol. The molecule has 6 heteroatoms. The van der Waals surface area contributed by atoms with E-state index >= 15 is 0 Å². The van der Waals surface area contributed by atoms with Gasteiger partial charge < -0.3 is 10.5 Å². The normalized spacial score (nSPS) is 11.2. The van der Waals surface area contributed by atoms with Gasteiger partial charge in [0.1, 0.15) is 5.03 Å². The highest BCUT2D eigenvalue weighted by molar-refractivity contribution is 8.01. The Labute approximate surface area is 131 Å². The number of fused-ring (bicyclic) bond motifs is 1. The van der Waals surface area contributed by atoms with Crippen molar-refractivity contribution in [2.75, 3.05) is 5.73 Å². The lowest BCUT2D eigenvalue weighted by atomic mass is 10.3. The Morgan fingerprint density at radius 3 is 2.95 bits per heavy atom. The molecule has 1 aromatic carbocycles. The van der Waals surface area contributed by atoms with Crippen LogP contribution < -0.4 is 10.5 Å². The lowest BCUT2D eigenvalue weighted by molar-refractivity contribution is 0.234. The van der Waals surface area contributed by atoms with E-state index in [1.54, 1.807) is 17.5 Å². The van der Waals surface area contributed by atoms with E-state index in [1.807, 2.05) is 44.2 Å². The molecule has 108 valence electrons. The Balaban J connectivity index is 1.91. The molecule has 0 saturated carbocycles. The zero-order chi connectivity index (χ0) is 14.8. The smallest absolute Gasteiger partial charge is 0.157 e. The van der Waals surface area contributed by atoms with Crippen LogP contribution >= 0.6 is 23.1 Å². The SMILES string of the molecule is CC(C)Oc1cccnc1Sc1nc2ccc(N)cc2s1. The lowest BCUT2D eigenvalue weighted by Crippen LogP contribution is -2.06. The van der Waals surface area contributed by atoms with Crippen molar-refractivity contribution in [2.24, 2.45) is 0 Å². The fraction of sp³-hybridized carbons (Fsp3) is 0.200. The average Bonchev–Trinajstić information content (AvgIpc) is 2.82. The van der Waals surface area contributed by atoms with E-state index in [-0.39, 0.29) is 6.10 Å². The number of nitrogens with two attached hydrogens (primary N) is 1. The minimum absolute atomic E-state index is 0.115. The van der Waals surface area contributed by atoms with Crippen molar-refractivity contribution in [1.82, 2.24) is 9.97 Å². The van der Waals surface area contributed by atoms with Crippen molar-refractivity contribution in [1.29, 1.82) is 0 Å². The minimum Gasteiger partial charge on any atom is -0.488 e. The second kappa shape index (κ2) is 5.91. The molecule has 2 N–H and O–H groups in total. The van der Waals surface area contributed by atoms with Crippen LogP contribution in [0, 0.1) is 0 Å². The number of ether oxygens (including phenoxy) is 1. The molecular weight excluding hydrogens is 302 g/mol. The summed E-state index contributed by atoms with van der Waals surface area (Å²) in [6, 6.07) is 9.56. The van der Waals surface area contributed by atoms with Crippen LogP contribution in [0.2, 0.25) is 0 Å². The Bertz CT molecular complexity index is 770. The summed E-state index contributed by atoms with van der Waals surface area (Å²) >= 11 is 3.13. The van der Waals surface area contributed by atoms with E-state index in [2.05, 4.69) is 9.97 Å². The second-order valence-corrected chi connectivity index (χ2v) is 7.05. The highest BCUT2D eigenvalue weighted by Gasteiger charge is 2.12. The third-order valence-electron chi connectivity index (χ3n) is 2.68. The lowest BCUT2D eigenvalue weighted by Gasteiger charge is -2.11. The van der Waals surface area contributed by atoms with Crippen LogP contribution in [-0.2, 0) is 0 Å². The predicted molar refractivity (Wildman–Crippen MR) is 88.2 cm³/mol. The molecule has 3 aromatic rings. The topological polar surface area (TPSA) is 61.0 Å². The number of hydrogen-bond acceptors (Lipinski definition) is 6. The van der Waals surface area contributed by atoms with E-state index in [0.29, 0.717) is 0 Å². The molecular formula is C15H15N3OS2. The number of rotatable bonds is 4. The minimum atomic E-state index is 0.115. The number of anilines is 1. The van der Waals surface area contributed by atoms with Crippen LogP contribution in [0.15, 0.2) is 45.9 Å². The van der Waals surface area contributed by atoms with E-state index in [1.165, 1.54) is 11.8 Å². The molecule has 2 aromatic heterocycles. The highest BCUT2D eigenvalue weighted by Crippen LogP contribution is 2.38. The van der Waals surface area contributed by atoms with Gasteiger partial charge in [-0.2, -0.15) is 0 Å². The zero-order valence-electron chi connectivity index (χ0n) is 11.7. The molecule has 3 rings (SSSR count). The predicted octanol–water partition coefficient (Wildman–Crippen LogP) is 4.21. The molecule has 0 amide bonds. The van der Waals surface area contributed by atoms with Crippen LogP contribution in [0.5, 0.6) is 5.75 Å². The first kappa shape index (κ1) is 14.2. The number of nitrogens with zero attached hydrogens (tertiary/aromatic N) is 2. The summed E-state index contributed by atoms with van der Waals surface area (Å²) in [6.45, 7) is 4.00. The van der Waals surface area contributed by atoms with Gasteiger partial charge in [0, 0.05) is 11.9 Å². The summed E-state index contributed by atoms with van der Waals surface area (Å²) in [5.41, 5.74) is 7.52. The zero-order valence-corrected chi connectivity index (χ0v) is 13.4. The van der Waals surface area contributed by atoms with Crippen molar-refractivity contribution in [3.8, 4) is 5.75 Å². The molecule has 0 aliphatic rings. The van der Waals surface area contributed by atoms with Gasteiger partial charge in [-0.25, -0.2) is 9.97 Å². The standard InChI is InChI=1S/C15H15N3OS2/c1-9(2)19-12-4-3-7-17-14(12)21-15-18-11-6-5-10(16)8-13(11)20-15/h3-9H,16H2,1-2H3. The van der Waals surface area contributed by atoms with Crippen LogP contribution in [0.25, 0.3) is 10.2 Å². The van der Waals surface area contributed by atoms with Crippen molar-refractivity contribution in [2.45, 2.75) is 29.3 Å². The van der Waals surface area contributed by atoms with E-state index in [9.17, 15) is 0 Å². The first-order valence-corrected chi connectivity index (χ1v) is 8.21. The maximum atomic E-state index is 5.80. The third kappa shape index (κ3) is 3.28. The highest BCUT2D eigenvalue weighted by atomic mass is 32.2. The maximum Gasteiger partial charge on any atom is 0.157 e. The number of nitrogen functional groups attached to an aromatic ring is 1. The molecule has 0 saturated heterocycles. The summed E-state index contributed by atoms with van der Waals surface area (Å²) < 4.78 is 7.80. The van der Waals surface area contributed by atoms with Crippen molar-refractivity contribution in [3.05, 3.63) is 36.5 Å². The van der Waals surface area contributed by atoms with Gasteiger partial charge in [-0.15, -0.1) is 11.3 Å². The third-order valence-corrected chi connectivity index (χ3v) is 4.75. The van der Waals surface area contributed by atoms with Crippen LogP contribution in [0.3, 0.4) is 0 Å². The van der Waals surface area contributed by atoms with Gasteiger partial charge in [-0.3, -0.25) is 0 Å². The first-order valence-electron chi connectivity index (χ1n) is 6.57. The summed E-state index contributed by atoms with van der Waals surface area (Å²) in [5.74, 6) is 0.788. The molecule has 0 spiro atoms. The van der Waals surface area contributed by atoms with E-state index < -0.39 is 0 Å². The molecule has 0 atom stereocenters. The Hall–Kier alpha value is -1.79. The van der Waals surface area contributed by atoms with Gasteiger partial charge in [0.2, 0.25) is 0 Å². The quantitative estimate of drug-likeness (QED) is 0.730. The number of aromatic nitrogens is 2. The van der Waals surface area contributed by atoms with Crippen molar-refractivity contribution in [3.63, 3.8) is 0 Å². The maximum absolute atomic E-state index is 5.80. The van der Waals surface area contributed by atoms with Crippen LogP contribution in [0.1, 0.15) is 13.8 Å². The number of pyridine rings is 1. The Morgan fingerprint density at radius 1 is 1.29 bits per heavy atom. The first-order chi connectivity index (χ1) is 10.1. The van der Waals surface area contributed by atoms with Crippen molar-refractivity contribution < 1.29 is 4.74 Å². The van der Waals surface area contributed by atoms with Gasteiger partial charge in [0.25, 0.3) is 0 Å². The molecule has 0 aliphatic heterocycles. The Kier molecular flexibility index (Phi) is 3.98. The second-order valence-electron chi connectivity index (χ2n) is 4.78. The van der Waals surface area contributed by atoms with E-state index in [4.69, 9.17) is 10.5 Å². The molecule has 0 aliphatic carbocycles.